The van der Waals surface area contributed by atoms with Crippen molar-refractivity contribution in [3.05, 3.63) is 24.7 Å². The van der Waals surface area contributed by atoms with Crippen molar-refractivity contribution in [2.45, 2.75) is 0 Å². The van der Waals surface area contributed by atoms with Crippen LogP contribution in [0.4, 0.5) is 23.1 Å². The predicted octanol–water partition coefficient (Wildman–Crippen LogP) is 1.07. The lowest BCUT2D eigenvalue weighted by Crippen LogP contribution is -2.11. The molecule has 3 rings (SSSR count). The number of nitrogens with one attached hydrogen (secondary N) is 2. The number of nitrogens with zero attached hydrogens (tertiary/aromatic N) is 4. The fourth-order valence-corrected chi connectivity index (χ4v) is 1.30. The summed E-state index contributed by atoms with van der Waals surface area (Å²) < 4.78 is 0. The number of hydrogen-bond acceptors (Lipinski definition) is 6. The molecule has 6 heteroatoms. The van der Waals surface area contributed by atoms with Crippen molar-refractivity contribution in [2.24, 2.45) is 0 Å². The van der Waals surface area contributed by atoms with Crippen molar-refractivity contribution in [3.63, 3.8) is 0 Å². The first-order valence-electron chi connectivity index (χ1n) is 4.10. The first-order valence-corrected chi connectivity index (χ1v) is 4.10. The second-order valence-electron chi connectivity index (χ2n) is 2.81. The third kappa shape index (κ3) is 0.972. The highest BCUT2D eigenvalue weighted by atomic mass is 15.3. The number of fused-ring (bicyclic) bond motifs is 2. The van der Waals surface area contributed by atoms with Gasteiger partial charge >= 0.3 is 0 Å². The second kappa shape index (κ2) is 2.63. The highest BCUT2D eigenvalue weighted by molar-refractivity contribution is 5.83. The van der Waals surface area contributed by atoms with Crippen LogP contribution in [-0.4, -0.2) is 20.2 Å². The summed E-state index contributed by atoms with van der Waals surface area (Å²) in [7, 11) is 0. The Morgan fingerprint density at radius 1 is 1.00 bits per heavy atom. The summed E-state index contributed by atoms with van der Waals surface area (Å²) in [5.41, 5.74) is 0.889. The van der Waals surface area contributed by atoms with Gasteiger partial charge in [-0.05, 0) is 12.1 Å². The maximum atomic E-state index is 4.15. The fraction of sp³-hybridized carbons (Fsp3) is 0. The summed E-state index contributed by atoms with van der Waals surface area (Å²) in [4.78, 5) is 8.19. The van der Waals surface area contributed by atoms with Gasteiger partial charge < -0.3 is 10.6 Å². The molecule has 0 unspecified atom stereocenters. The van der Waals surface area contributed by atoms with Gasteiger partial charge in [-0.3, -0.25) is 0 Å². The van der Waals surface area contributed by atoms with Crippen LogP contribution in [0.1, 0.15) is 0 Å². The summed E-state index contributed by atoms with van der Waals surface area (Å²) in [6, 6.07) is 3.77. The zero-order valence-electron chi connectivity index (χ0n) is 7.10. The van der Waals surface area contributed by atoms with E-state index >= 15 is 0 Å². The molecule has 0 aliphatic carbocycles. The van der Waals surface area contributed by atoms with E-state index in [1.807, 2.05) is 12.1 Å². The van der Waals surface area contributed by atoms with Crippen LogP contribution in [0.25, 0.3) is 0 Å². The first kappa shape index (κ1) is 7.19. The van der Waals surface area contributed by atoms with Gasteiger partial charge in [0.15, 0.2) is 17.5 Å². The minimum absolute atomic E-state index is 0.596. The zero-order valence-corrected chi connectivity index (χ0v) is 7.10. The summed E-state index contributed by atoms with van der Waals surface area (Å²) in [5.74, 6) is 2.00. The SMILES string of the molecule is c1cnc2c(c1)Nc1ncnnc1N2. The van der Waals surface area contributed by atoms with Crippen LogP contribution in [-0.2, 0) is 0 Å². The molecule has 0 atom stereocenters. The van der Waals surface area contributed by atoms with E-state index in [9.17, 15) is 0 Å². The molecule has 0 spiro atoms. The molecular formula is C8H6N6. The molecule has 2 aromatic heterocycles. The van der Waals surface area contributed by atoms with Crippen LogP contribution in [0.3, 0.4) is 0 Å². The van der Waals surface area contributed by atoms with Gasteiger partial charge in [0.25, 0.3) is 0 Å². The van der Waals surface area contributed by atoms with Crippen molar-refractivity contribution in [3.8, 4) is 0 Å². The molecule has 0 bridgehead atoms. The van der Waals surface area contributed by atoms with E-state index in [1.54, 1.807) is 6.20 Å². The van der Waals surface area contributed by atoms with Crippen molar-refractivity contribution >= 4 is 23.1 Å². The van der Waals surface area contributed by atoms with E-state index in [0.717, 1.165) is 11.5 Å². The number of rotatable bonds is 0. The third-order valence-corrected chi connectivity index (χ3v) is 1.92. The van der Waals surface area contributed by atoms with Crippen molar-refractivity contribution < 1.29 is 0 Å². The Kier molecular flexibility index (Phi) is 1.35. The number of hydrogen-bond donors (Lipinski definition) is 2. The van der Waals surface area contributed by atoms with Crippen LogP contribution < -0.4 is 10.6 Å². The number of aromatic nitrogens is 4. The van der Waals surface area contributed by atoms with E-state index in [4.69, 9.17) is 0 Å². The molecule has 1 aliphatic rings. The molecule has 3 heterocycles. The number of anilines is 4. The highest BCUT2D eigenvalue weighted by Crippen LogP contribution is 2.32. The largest absolute Gasteiger partial charge is 0.334 e. The minimum atomic E-state index is 0.596. The summed E-state index contributed by atoms with van der Waals surface area (Å²) in [6.45, 7) is 0. The fourth-order valence-electron chi connectivity index (χ4n) is 1.30. The molecule has 2 aromatic rings. The molecule has 6 nitrogen and oxygen atoms in total. The van der Waals surface area contributed by atoms with E-state index in [2.05, 4.69) is 30.8 Å². The Morgan fingerprint density at radius 3 is 3.00 bits per heavy atom. The second-order valence-corrected chi connectivity index (χ2v) is 2.81. The van der Waals surface area contributed by atoms with Crippen molar-refractivity contribution in [1.29, 1.82) is 0 Å². The van der Waals surface area contributed by atoms with Gasteiger partial charge in [-0.2, -0.15) is 0 Å². The van der Waals surface area contributed by atoms with Crippen LogP contribution in [0.2, 0.25) is 0 Å². The molecule has 0 saturated carbocycles. The molecule has 0 aromatic carbocycles. The van der Waals surface area contributed by atoms with Crippen LogP contribution in [0.5, 0.6) is 0 Å². The summed E-state index contributed by atoms with van der Waals surface area (Å²) in [5, 5.41) is 13.7. The van der Waals surface area contributed by atoms with Crippen LogP contribution >= 0.6 is 0 Å². The Bertz CT molecular complexity index is 395. The molecule has 68 valence electrons. The van der Waals surface area contributed by atoms with Gasteiger partial charge in [0, 0.05) is 6.20 Å². The quantitative estimate of drug-likeness (QED) is 0.547. The maximum absolute atomic E-state index is 4.15. The molecular weight excluding hydrogens is 180 g/mol. The van der Waals surface area contributed by atoms with Crippen LogP contribution in [0, 0.1) is 0 Å². The van der Waals surface area contributed by atoms with Gasteiger partial charge in [0.2, 0.25) is 0 Å². The lowest BCUT2D eigenvalue weighted by molar-refractivity contribution is 0.971. The van der Waals surface area contributed by atoms with Gasteiger partial charge in [0.05, 0.1) is 5.69 Å². The smallest absolute Gasteiger partial charge is 0.197 e. The Balaban J connectivity index is 2.12. The lowest BCUT2D eigenvalue weighted by Gasteiger charge is -2.18. The lowest BCUT2D eigenvalue weighted by atomic mass is 10.3. The molecule has 14 heavy (non-hydrogen) atoms. The van der Waals surface area contributed by atoms with Crippen molar-refractivity contribution in [1.82, 2.24) is 20.2 Å². The molecule has 1 aliphatic heterocycles. The molecule has 0 saturated heterocycles. The third-order valence-electron chi connectivity index (χ3n) is 1.92. The van der Waals surface area contributed by atoms with Gasteiger partial charge in [-0.15, -0.1) is 10.2 Å². The topological polar surface area (TPSA) is 75.6 Å². The van der Waals surface area contributed by atoms with Gasteiger partial charge in [-0.25, -0.2) is 9.97 Å². The minimum Gasteiger partial charge on any atom is -0.334 e. The van der Waals surface area contributed by atoms with E-state index in [-0.39, 0.29) is 0 Å². The summed E-state index contributed by atoms with van der Waals surface area (Å²) >= 11 is 0. The number of pyridine rings is 1. The van der Waals surface area contributed by atoms with Crippen molar-refractivity contribution in [2.75, 3.05) is 10.6 Å². The first-order chi connectivity index (χ1) is 6.93. The Hall–Kier alpha value is -2.24. The predicted molar refractivity (Wildman–Crippen MR) is 50.6 cm³/mol. The molecule has 0 amide bonds. The van der Waals surface area contributed by atoms with Crippen LogP contribution in [0.15, 0.2) is 24.7 Å². The maximum Gasteiger partial charge on any atom is 0.197 e. The van der Waals surface area contributed by atoms with E-state index in [0.29, 0.717) is 11.6 Å². The molecule has 0 radical (unpaired) electrons. The van der Waals surface area contributed by atoms with Gasteiger partial charge in [0.1, 0.15) is 6.33 Å². The Morgan fingerprint density at radius 2 is 2.00 bits per heavy atom. The average molecular weight is 186 g/mol. The highest BCUT2D eigenvalue weighted by Gasteiger charge is 2.16. The summed E-state index contributed by atoms with van der Waals surface area (Å²) in [6.07, 6.45) is 3.11. The van der Waals surface area contributed by atoms with E-state index < -0.39 is 0 Å². The average Bonchev–Trinajstić information content (AvgIpc) is 2.26. The Labute approximate surface area is 79.4 Å². The molecule has 0 fully saturated rings. The zero-order chi connectivity index (χ0) is 9.38. The van der Waals surface area contributed by atoms with E-state index in [1.165, 1.54) is 6.33 Å². The van der Waals surface area contributed by atoms with Gasteiger partial charge in [-0.1, -0.05) is 0 Å². The normalized spacial score (nSPS) is 12.0. The monoisotopic (exact) mass is 186 g/mol. The molecule has 2 N–H and O–H groups in total. The standard InChI is InChI=1S/C8H6N6/c1-2-5-6(9-3-1)13-8-7(12-5)10-4-11-14-8/h1-4H,(H,9,13,14)(H,10,11,12).